The molecule has 2 rings (SSSR count). The molecule has 0 aliphatic carbocycles. The van der Waals surface area contributed by atoms with Gasteiger partial charge in [0.2, 0.25) is 5.69 Å². The van der Waals surface area contributed by atoms with Crippen LogP contribution < -0.4 is 9.75 Å². The minimum Gasteiger partial charge on any atom is -0.201 e. The van der Waals surface area contributed by atoms with Crippen molar-refractivity contribution in [1.82, 2.24) is 0 Å². The number of hydrogen-bond donors (Lipinski definition) is 0. The second-order valence-electron chi connectivity index (χ2n) is 8.75. The highest BCUT2D eigenvalue weighted by Crippen LogP contribution is 2.26. The van der Waals surface area contributed by atoms with E-state index in [0.717, 1.165) is 27.6 Å². The molecule has 0 bridgehead atoms. The smallest absolute Gasteiger partial charge is 0.201 e. The van der Waals surface area contributed by atoms with Crippen molar-refractivity contribution in [3.63, 3.8) is 0 Å². The minimum absolute atomic E-state index is 0.324. The Morgan fingerprint density at radius 3 is 2.33 bits per heavy atom. The Balaban J connectivity index is 2.81. The summed E-state index contributed by atoms with van der Waals surface area (Å²) >= 11 is 0. The van der Waals surface area contributed by atoms with Crippen LogP contribution in [0.3, 0.4) is 0 Å². The van der Waals surface area contributed by atoms with Gasteiger partial charge in [-0.3, -0.25) is 0 Å². The van der Waals surface area contributed by atoms with E-state index < -0.39 is 26.7 Å². The van der Waals surface area contributed by atoms with Crippen molar-refractivity contribution in [2.45, 2.75) is 60.6 Å². The highest BCUT2D eigenvalue weighted by Gasteiger charge is 2.28. The number of nitrogens with zero attached hydrogens (tertiary/aromatic N) is 1. The van der Waals surface area contributed by atoms with E-state index >= 15 is 0 Å². The van der Waals surface area contributed by atoms with Gasteiger partial charge in [-0.05, 0) is 42.8 Å². The van der Waals surface area contributed by atoms with Crippen molar-refractivity contribution in [1.29, 1.82) is 0 Å². The van der Waals surface area contributed by atoms with Crippen LogP contribution >= 0.6 is 0 Å². The molecule has 130 valence electrons. The standard InChI is InChI=1S/C22H34NSi/c1-16-10-11-19(17(2)12-16)20-13-18(14-22(3,4)5)21(15-23(20)6)24(7,8)9/h10-13,15H,14H2,1-9H3/q+1/i1D3,14D2. The predicted molar refractivity (Wildman–Crippen MR) is 109 cm³/mol. The summed E-state index contributed by atoms with van der Waals surface area (Å²) in [6.07, 6.45) is 0.579. The zero-order valence-electron chi connectivity index (χ0n) is 21.3. The molecule has 0 radical (unpaired) electrons. The minimum atomic E-state index is -2.14. The Morgan fingerprint density at radius 1 is 1.17 bits per heavy atom. The van der Waals surface area contributed by atoms with Crippen molar-refractivity contribution in [3.8, 4) is 11.3 Å². The van der Waals surface area contributed by atoms with Crippen LogP contribution in [-0.2, 0) is 13.4 Å². The molecular weight excluding hydrogens is 306 g/mol. The van der Waals surface area contributed by atoms with E-state index in [1.54, 1.807) is 12.1 Å². The maximum atomic E-state index is 8.94. The van der Waals surface area contributed by atoms with Crippen LogP contribution in [0.25, 0.3) is 11.3 Å². The fraction of sp³-hybridized carbons (Fsp3) is 0.500. The summed E-state index contributed by atoms with van der Waals surface area (Å²) < 4.78 is 42.9. The molecule has 0 amide bonds. The number of hydrogen-bond acceptors (Lipinski definition) is 0. The van der Waals surface area contributed by atoms with Gasteiger partial charge >= 0.3 is 0 Å². The lowest BCUT2D eigenvalue weighted by Gasteiger charge is -2.25. The number of pyridine rings is 1. The highest BCUT2D eigenvalue weighted by molar-refractivity contribution is 6.88. The van der Waals surface area contributed by atoms with Crippen LogP contribution in [0.5, 0.6) is 0 Å². The van der Waals surface area contributed by atoms with Gasteiger partial charge in [-0.1, -0.05) is 58.1 Å². The largest absolute Gasteiger partial charge is 0.212 e. The molecule has 24 heavy (non-hydrogen) atoms. The summed E-state index contributed by atoms with van der Waals surface area (Å²) in [7, 11) is 0.174. The molecule has 1 nitrogen and oxygen atoms in total. The molecule has 1 aromatic heterocycles. The van der Waals surface area contributed by atoms with Crippen LogP contribution in [0.1, 0.15) is 44.3 Å². The van der Waals surface area contributed by atoms with Crippen molar-refractivity contribution in [3.05, 3.63) is 47.2 Å². The van der Waals surface area contributed by atoms with Gasteiger partial charge in [0.05, 0.1) is 8.07 Å². The summed E-state index contributed by atoms with van der Waals surface area (Å²) in [5, 5.41) is 1.11. The van der Waals surface area contributed by atoms with E-state index in [-0.39, 0.29) is 0 Å². The summed E-state index contributed by atoms with van der Waals surface area (Å²) in [5.41, 5.74) is 3.20. The number of aryl methyl sites for hydroxylation is 3. The number of benzene rings is 1. The molecule has 2 aromatic rings. The van der Waals surface area contributed by atoms with Gasteiger partial charge in [-0.25, -0.2) is 4.57 Å². The number of rotatable bonds is 3. The fourth-order valence-corrected chi connectivity index (χ4v) is 4.50. The van der Waals surface area contributed by atoms with Crippen LogP contribution in [0, 0.1) is 19.2 Å². The Hall–Kier alpha value is -1.41. The Kier molecular flexibility index (Phi) is 3.48. The van der Waals surface area contributed by atoms with Gasteiger partial charge in [0.1, 0.15) is 7.05 Å². The van der Waals surface area contributed by atoms with Crippen LogP contribution in [0.2, 0.25) is 19.6 Å². The molecular formula is C22H34NSi+. The third-order valence-corrected chi connectivity index (χ3v) is 6.11. The van der Waals surface area contributed by atoms with Crippen molar-refractivity contribution in [2.75, 3.05) is 0 Å². The maximum Gasteiger partial charge on any atom is 0.212 e. The third kappa shape index (κ3) is 4.35. The average Bonchev–Trinajstić information content (AvgIpc) is 2.52. The average molecular weight is 346 g/mol. The molecule has 0 unspecified atom stereocenters. The zero-order valence-corrected chi connectivity index (χ0v) is 17.3. The third-order valence-electron chi connectivity index (χ3n) is 4.09. The van der Waals surface area contributed by atoms with Crippen molar-refractivity contribution >= 4 is 13.3 Å². The lowest BCUT2D eigenvalue weighted by molar-refractivity contribution is -0.659. The molecule has 0 saturated heterocycles. The Labute approximate surface area is 156 Å². The molecule has 1 heterocycles. The Morgan fingerprint density at radius 2 is 1.83 bits per heavy atom. The molecule has 0 aliphatic heterocycles. The predicted octanol–water partition coefficient (Wildman–Crippen LogP) is 4.93. The van der Waals surface area contributed by atoms with Crippen molar-refractivity contribution < 1.29 is 11.4 Å². The first kappa shape index (κ1) is 12.9. The molecule has 1 aromatic carbocycles. The highest BCUT2D eigenvalue weighted by atomic mass is 28.3. The van der Waals surface area contributed by atoms with E-state index in [9.17, 15) is 0 Å². The second kappa shape index (κ2) is 6.48. The fourth-order valence-electron chi connectivity index (χ4n) is 2.97. The van der Waals surface area contributed by atoms with Crippen molar-refractivity contribution in [2.24, 2.45) is 12.5 Å². The van der Waals surface area contributed by atoms with Gasteiger partial charge in [0, 0.05) is 23.7 Å². The van der Waals surface area contributed by atoms with Crippen LogP contribution in [0.4, 0.5) is 0 Å². The zero-order chi connectivity index (χ0) is 22.6. The lowest BCUT2D eigenvalue weighted by atomic mass is 9.87. The normalized spacial score (nSPS) is 16.8. The summed E-state index contributed by atoms with van der Waals surface area (Å²) in [6.45, 7) is 12.3. The van der Waals surface area contributed by atoms with E-state index in [0.29, 0.717) is 5.56 Å². The molecule has 0 saturated carbocycles. The molecule has 0 spiro atoms. The van der Waals surface area contributed by atoms with Crippen LogP contribution in [-0.4, -0.2) is 8.07 Å². The first-order chi connectivity index (χ1) is 12.9. The Bertz CT molecular complexity index is 919. The van der Waals surface area contributed by atoms with E-state index in [4.69, 9.17) is 6.85 Å². The quantitative estimate of drug-likeness (QED) is 0.548. The molecule has 2 heteroatoms. The van der Waals surface area contributed by atoms with Gasteiger partial charge in [-0.15, -0.1) is 0 Å². The van der Waals surface area contributed by atoms with E-state index in [2.05, 4.69) is 25.8 Å². The van der Waals surface area contributed by atoms with E-state index in [1.165, 1.54) is 0 Å². The summed E-state index contributed by atoms with van der Waals surface area (Å²) in [5.74, 6) is 0. The lowest BCUT2D eigenvalue weighted by Crippen LogP contribution is -2.47. The maximum absolute atomic E-state index is 8.94. The second-order valence-corrected chi connectivity index (χ2v) is 13.8. The summed E-state index contributed by atoms with van der Waals surface area (Å²) in [6, 6.07) is 7.19. The van der Waals surface area contributed by atoms with Gasteiger partial charge in [0.25, 0.3) is 0 Å². The monoisotopic (exact) mass is 345 g/mol. The first-order valence-corrected chi connectivity index (χ1v) is 12.0. The first-order valence-electron chi connectivity index (χ1n) is 11.0. The van der Waals surface area contributed by atoms with E-state index in [1.807, 2.05) is 51.4 Å². The van der Waals surface area contributed by atoms with Gasteiger partial charge in [-0.2, -0.15) is 0 Å². The van der Waals surface area contributed by atoms with Gasteiger partial charge in [0.15, 0.2) is 6.20 Å². The molecule has 0 atom stereocenters. The van der Waals surface area contributed by atoms with Gasteiger partial charge < -0.3 is 0 Å². The summed E-state index contributed by atoms with van der Waals surface area (Å²) in [4.78, 5) is 0. The molecule has 0 aliphatic rings. The SMILES string of the molecule is [2H]C([2H])([2H])c1ccc(-c2cc(C([2H])([2H])C(C)(C)C)c([Si](C)(C)C)c[n+]2C)c(C)c1. The van der Waals surface area contributed by atoms with Crippen LogP contribution in [0.15, 0.2) is 30.5 Å². The topological polar surface area (TPSA) is 3.88 Å². The number of aromatic nitrogens is 1. The molecule has 0 N–H and O–H groups in total. The molecule has 0 fully saturated rings.